The SMILES string of the molecule is CC(=O)NC(C(=O)NCCCOCC1CC1)C(C)C. The number of rotatable bonds is 9. The molecule has 5 nitrogen and oxygen atoms in total. The predicted molar refractivity (Wildman–Crippen MR) is 73.6 cm³/mol. The first kappa shape index (κ1) is 16.0. The second-order valence-electron chi connectivity index (χ2n) is 5.59. The zero-order valence-corrected chi connectivity index (χ0v) is 12.2. The van der Waals surface area contributed by atoms with E-state index in [1.165, 1.54) is 19.8 Å². The Balaban J connectivity index is 2.10. The first-order valence-electron chi connectivity index (χ1n) is 7.13. The van der Waals surface area contributed by atoms with E-state index in [-0.39, 0.29) is 17.7 Å². The van der Waals surface area contributed by atoms with Gasteiger partial charge < -0.3 is 15.4 Å². The second kappa shape index (κ2) is 8.15. The molecule has 19 heavy (non-hydrogen) atoms. The molecule has 0 aliphatic heterocycles. The van der Waals surface area contributed by atoms with Crippen molar-refractivity contribution in [3.63, 3.8) is 0 Å². The normalized spacial score (nSPS) is 16.2. The number of carbonyl (C=O) groups excluding carboxylic acids is 2. The number of amides is 2. The highest BCUT2D eigenvalue weighted by Gasteiger charge is 2.22. The van der Waals surface area contributed by atoms with Gasteiger partial charge in [-0.15, -0.1) is 0 Å². The Bertz CT molecular complexity index is 301. The molecule has 1 aliphatic rings. The van der Waals surface area contributed by atoms with E-state index in [9.17, 15) is 9.59 Å². The summed E-state index contributed by atoms with van der Waals surface area (Å²) in [7, 11) is 0. The molecule has 2 amide bonds. The second-order valence-corrected chi connectivity index (χ2v) is 5.59. The molecule has 0 aromatic rings. The van der Waals surface area contributed by atoms with Crippen LogP contribution in [0, 0.1) is 11.8 Å². The summed E-state index contributed by atoms with van der Waals surface area (Å²) in [5.74, 6) is 0.559. The van der Waals surface area contributed by atoms with E-state index in [2.05, 4.69) is 10.6 Å². The van der Waals surface area contributed by atoms with Crippen molar-refractivity contribution in [2.45, 2.75) is 46.1 Å². The van der Waals surface area contributed by atoms with Gasteiger partial charge in [0.1, 0.15) is 6.04 Å². The van der Waals surface area contributed by atoms with Crippen LogP contribution in [0.25, 0.3) is 0 Å². The van der Waals surface area contributed by atoms with Crippen molar-refractivity contribution in [1.29, 1.82) is 0 Å². The van der Waals surface area contributed by atoms with Gasteiger partial charge in [0.05, 0.1) is 0 Å². The lowest BCUT2D eigenvalue weighted by atomic mass is 10.0. The molecule has 0 aromatic carbocycles. The topological polar surface area (TPSA) is 67.4 Å². The van der Waals surface area contributed by atoms with Crippen LogP contribution in [0.15, 0.2) is 0 Å². The standard InChI is InChI=1S/C14H26N2O3/c1-10(2)13(16-11(3)17)14(18)15-7-4-8-19-9-12-5-6-12/h10,12-13H,4-9H2,1-3H3,(H,15,18)(H,16,17). The maximum absolute atomic E-state index is 11.9. The fraction of sp³-hybridized carbons (Fsp3) is 0.857. The summed E-state index contributed by atoms with van der Waals surface area (Å²) in [6.07, 6.45) is 3.40. The summed E-state index contributed by atoms with van der Waals surface area (Å²) in [5.41, 5.74) is 0. The highest BCUT2D eigenvalue weighted by molar-refractivity contribution is 5.86. The molecule has 5 heteroatoms. The van der Waals surface area contributed by atoms with Crippen molar-refractivity contribution in [3.8, 4) is 0 Å². The Kier molecular flexibility index (Phi) is 6.84. The summed E-state index contributed by atoms with van der Waals surface area (Å²) in [5, 5.41) is 5.51. The molecule has 0 saturated heterocycles. The van der Waals surface area contributed by atoms with Crippen molar-refractivity contribution >= 4 is 11.8 Å². The predicted octanol–water partition coefficient (Wildman–Crippen LogP) is 1.08. The minimum absolute atomic E-state index is 0.0787. The molecule has 1 rings (SSSR count). The highest BCUT2D eigenvalue weighted by atomic mass is 16.5. The number of hydrogen-bond acceptors (Lipinski definition) is 3. The molecule has 1 saturated carbocycles. The number of ether oxygens (including phenoxy) is 1. The quantitative estimate of drug-likeness (QED) is 0.616. The van der Waals surface area contributed by atoms with Gasteiger partial charge in [0, 0.05) is 26.7 Å². The van der Waals surface area contributed by atoms with E-state index >= 15 is 0 Å². The summed E-state index contributed by atoms with van der Waals surface area (Å²) >= 11 is 0. The Morgan fingerprint density at radius 3 is 2.53 bits per heavy atom. The molecule has 1 aliphatic carbocycles. The number of carbonyl (C=O) groups is 2. The van der Waals surface area contributed by atoms with Crippen LogP contribution >= 0.6 is 0 Å². The fourth-order valence-corrected chi connectivity index (χ4v) is 1.78. The molecule has 0 bridgehead atoms. The van der Waals surface area contributed by atoms with Gasteiger partial charge >= 0.3 is 0 Å². The molecule has 0 heterocycles. The smallest absolute Gasteiger partial charge is 0.242 e. The van der Waals surface area contributed by atoms with Crippen LogP contribution < -0.4 is 10.6 Å². The number of hydrogen-bond donors (Lipinski definition) is 2. The van der Waals surface area contributed by atoms with Crippen LogP contribution in [0.1, 0.15) is 40.0 Å². The first-order valence-corrected chi connectivity index (χ1v) is 7.13. The van der Waals surface area contributed by atoms with Gasteiger partial charge in [-0.2, -0.15) is 0 Å². The minimum Gasteiger partial charge on any atom is -0.381 e. The van der Waals surface area contributed by atoms with Gasteiger partial charge in [-0.3, -0.25) is 9.59 Å². The van der Waals surface area contributed by atoms with E-state index in [0.717, 1.165) is 18.9 Å². The van der Waals surface area contributed by atoms with E-state index in [4.69, 9.17) is 4.74 Å². The van der Waals surface area contributed by atoms with Gasteiger partial charge in [-0.25, -0.2) is 0 Å². The van der Waals surface area contributed by atoms with Crippen LogP contribution in [0.2, 0.25) is 0 Å². The fourth-order valence-electron chi connectivity index (χ4n) is 1.78. The zero-order valence-electron chi connectivity index (χ0n) is 12.2. The van der Waals surface area contributed by atoms with Crippen LogP contribution in [-0.2, 0) is 14.3 Å². The van der Waals surface area contributed by atoms with E-state index in [0.29, 0.717) is 13.2 Å². The summed E-state index contributed by atoms with van der Waals surface area (Å²) in [4.78, 5) is 22.9. The van der Waals surface area contributed by atoms with Crippen LogP contribution in [0.5, 0.6) is 0 Å². The van der Waals surface area contributed by atoms with Crippen LogP contribution in [-0.4, -0.2) is 37.6 Å². The maximum atomic E-state index is 11.9. The Labute approximate surface area is 115 Å². The summed E-state index contributed by atoms with van der Waals surface area (Å²) < 4.78 is 5.49. The number of nitrogens with one attached hydrogen (secondary N) is 2. The van der Waals surface area contributed by atoms with Gasteiger partial charge in [0.15, 0.2) is 0 Å². The van der Waals surface area contributed by atoms with Crippen molar-refractivity contribution in [2.24, 2.45) is 11.8 Å². The third-order valence-electron chi connectivity index (χ3n) is 3.12. The molecule has 0 radical (unpaired) electrons. The van der Waals surface area contributed by atoms with Crippen LogP contribution in [0.3, 0.4) is 0 Å². The molecule has 1 unspecified atom stereocenters. The Morgan fingerprint density at radius 2 is 2.00 bits per heavy atom. The Morgan fingerprint density at radius 1 is 1.32 bits per heavy atom. The molecule has 1 atom stereocenters. The van der Waals surface area contributed by atoms with Crippen LogP contribution in [0.4, 0.5) is 0 Å². The molecular formula is C14H26N2O3. The molecular weight excluding hydrogens is 244 g/mol. The summed E-state index contributed by atoms with van der Waals surface area (Å²) in [6, 6.07) is -0.454. The molecule has 110 valence electrons. The average molecular weight is 270 g/mol. The maximum Gasteiger partial charge on any atom is 0.242 e. The Hall–Kier alpha value is -1.10. The van der Waals surface area contributed by atoms with E-state index in [1.807, 2.05) is 13.8 Å². The van der Waals surface area contributed by atoms with Gasteiger partial charge in [0.25, 0.3) is 0 Å². The van der Waals surface area contributed by atoms with Crippen molar-refractivity contribution in [1.82, 2.24) is 10.6 Å². The lowest BCUT2D eigenvalue weighted by molar-refractivity contribution is -0.129. The highest BCUT2D eigenvalue weighted by Crippen LogP contribution is 2.28. The molecule has 2 N–H and O–H groups in total. The van der Waals surface area contributed by atoms with Gasteiger partial charge in [-0.05, 0) is 31.1 Å². The third kappa shape index (κ3) is 7.15. The zero-order chi connectivity index (χ0) is 14.3. The monoisotopic (exact) mass is 270 g/mol. The van der Waals surface area contributed by atoms with E-state index in [1.54, 1.807) is 0 Å². The van der Waals surface area contributed by atoms with Crippen molar-refractivity contribution in [2.75, 3.05) is 19.8 Å². The average Bonchev–Trinajstić information content (AvgIpc) is 3.13. The largest absolute Gasteiger partial charge is 0.381 e. The van der Waals surface area contributed by atoms with Crippen molar-refractivity contribution < 1.29 is 14.3 Å². The lowest BCUT2D eigenvalue weighted by Crippen LogP contribution is -2.49. The lowest BCUT2D eigenvalue weighted by Gasteiger charge is -2.20. The summed E-state index contributed by atoms with van der Waals surface area (Å²) in [6.45, 7) is 7.39. The third-order valence-corrected chi connectivity index (χ3v) is 3.12. The molecule has 1 fully saturated rings. The minimum atomic E-state index is -0.454. The van der Waals surface area contributed by atoms with E-state index < -0.39 is 6.04 Å². The van der Waals surface area contributed by atoms with Crippen molar-refractivity contribution in [3.05, 3.63) is 0 Å². The first-order chi connectivity index (χ1) is 9.00. The van der Waals surface area contributed by atoms with Gasteiger partial charge in [0.2, 0.25) is 11.8 Å². The van der Waals surface area contributed by atoms with Gasteiger partial charge in [-0.1, -0.05) is 13.8 Å². The molecule has 0 aromatic heterocycles. The molecule has 0 spiro atoms.